The smallest absolute Gasteiger partial charge is 0.240 e. The number of nitrogens with one attached hydrogen (secondary N) is 1. The van der Waals surface area contributed by atoms with Gasteiger partial charge in [-0.05, 0) is 38.8 Å². The highest BCUT2D eigenvalue weighted by atomic mass is 16.5. The van der Waals surface area contributed by atoms with Crippen LogP contribution in [-0.4, -0.2) is 41.6 Å². The number of piperidine rings is 1. The van der Waals surface area contributed by atoms with Crippen molar-refractivity contribution in [2.45, 2.75) is 52.0 Å². The van der Waals surface area contributed by atoms with E-state index in [4.69, 9.17) is 10.3 Å². The van der Waals surface area contributed by atoms with Gasteiger partial charge in [0.1, 0.15) is 0 Å². The summed E-state index contributed by atoms with van der Waals surface area (Å²) in [6, 6.07) is 2.03. The van der Waals surface area contributed by atoms with Crippen LogP contribution in [0.25, 0.3) is 0 Å². The van der Waals surface area contributed by atoms with Crippen molar-refractivity contribution in [2.24, 2.45) is 11.7 Å². The molecule has 1 aliphatic rings. The minimum Gasteiger partial charge on any atom is -0.338 e. The zero-order chi connectivity index (χ0) is 16.3. The maximum absolute atomic E-state index is 12.1. The average molecular weight is 308 g/mol. The topological polar surface area (TPSA) is 84.4 Å². The number of hydrogen-bond acceptors (Lipinski definition) is 5. The molecule has 1 fully saturated rings. The Hall–Kier alpha value is -1.40. The Morgan fingerprint density at radius 1 is 1.50 bits per heavy atom. The Kier molecular flexibility index (Phi) is 5.24. The lowest BCUT2D eigenvalue weighted by molar-refractivity contribution is -0.117. The van der Waals surface area contributed by atoms with E-state index in [2.05, 4.69) is 43.1 Å². The number of rotatable bonds is 4. The number of carbonyl (C=O) groups is 1. The number of amides is 1. The summed E-state index contributed by atoms with van der Waals surface area (Å²) in [5.41, 5.74) is 6.68. The molecule has 1 aliphatic heterocycles. The molecule has 6 nitrogen and oxygen atoms in total. The third-order valence-corrected chi connectivity index (χ3v) is 4.28. The van der Waals surface area contributed by atoms with Crippen LogP contribution in [0.3, 0.4) is 0 Å². The molecular weight excluding hydrogens is 280 g/mol. The predicted molar refractivity (Wildman–Crippen MR) is 86.6 cm³/mol. The molecule has 0 bridgehead atoms. The Labute approximate surface area is 132 Å². The zero-order valence-electron chi connectivity index (χ0n) is 14.1. The van der Waals surface area contributed by atoms with E-state index < -0.39 is 0 Å². The molecule has 1 aromatic heterocycles. The molecule has 1 aromatic rings. The molecule has 2 rings (SSSR count). The first-order valence-electron chi connectivity index (χ1n) is 8.00. The third-order valence-electron chi connectivity index (χ3n) is 4.28. The highest BCUT2D eigenvalue weighted by molar-refractivity contribution is 5.91. The van der Waals surface area contributed by atoms with Crippen molar-refractivity contribution in [3.8, 4) is 0 Å². The minimum absolute atomic E-state index is 0.0594. The molecule has 22 heavy (non-hydrogen) atoms. The summed E-state index contributed by atoms with van der Waals surface area (Å²) >= 11 is 0. The molecule has 124 valence electrons. The van der Waals surface area contributed by atoms with Crippen LogP contribution in [0.5, 0.6) is 0 Å². The van der Waals surface area contributed by atoms with E-state index in [-0.39, 0.29) is 17.4 Å². The van der Waals surface area contributed by atoms with Crippen LogP contribution in [-0.2, 0) is 10.2 Å². The van der Waals surface area contributed by atoms with Gasteiger partial charge >= 0.3 is 0 Å². The summed E-state index contributed by atoms with van der Waals surface area (Å²) < 4.78 is 5.18. The van der Waals surface area contributed by atoms with Gasteiger partial charge in [0, 0.05) is 17.5 Å². The number of nitrogens with zero attached hydrogens (tertiary/aromatic N) is 2. The normalized spacial score (nSPS) is 19.1. The van der Waals surface area contributed by atoms with E-state index in [1.54, 1.807) is 6.07 Å². The van der Waals surface area contributed by atoms with Gasteiger partial charge in [-0.2, -0.15) is 0 Å². The molecule has 1 atom stereocenters. The van der Waals surface area contributed by atoms with Crippen molar-refractivity contribution >= 4 is 11.8 Å². The zero-order valence-corrected chi connectivity index (χ0v) is 14.1. The van der Waals surface area contributed by atoms with Crippen molar-refractivity contribution < 1.29 is 9.32 Å². The summed E-state index contributed by atoms with van der Waals surface area (Å²) in [6.07, 6.45) is 2.11. The molecular formula is C16H28N4O2. The van der Waals surface area contributed by atoms with Crippen LogP contribution in [0.15, 0.2) is 10.6 Å². The first-order chi connectivity index (χ1) is 10.3. The SMILES string of the molecule is CC(N)C1CCN(CC(=O)Nc2cc(C(C)(C)C)no2)CC1. The number of nitrogens with two attached hydrogens (primary N) is 1. The van der Waals surface area contributed by atoms with Crippen molar-refractivity contribution in [1.29, 1.82) is 0 Å². The highest BCUT2D eigenvalue weighted by Gasteiger charge is 2.24. The lowest BCUT2D eigenvalue weighted by atomic mass is 9.91. The first-order valence-corrected chi connectivity index (χ1v) is 8.00. The maximum Gasteiger partial charge on any atom is 0.240 e. The van der Waals surface area contributed by atoms with Crippen LogP contribution in [0.2, 0.25) is 0 Å². The van der Waals surface area contributed by atoms with Gasteiger partial charge in [-0.3, -0.25) is 15.0 Å². The van der Waals surface area contributed by atoms with Gasteiger partial charge in [-0.1, -0.05) is 25.9 Å². The molecule has 6 heteroatoms. The molecule has 1 saturated heterocycles. The molecule has 0 saturated carbocycles. The summed E-state index contributed by atoms with van der Waals surface area (Å²) in [4.78, 5) is 14.3. The maximum atomic E-state index is 12.1. The largest absolute Gasteiger partial charge is 0.338 e. The Balaban J connectivity index is 1.80. The lowest BCUT2D eigenvalue weighted by Crippen LogP contribution is -2.42. The Morgan fingerprint density at radius 3 is 2.64 bits per heavy atom. The fourth-order valence-corrected chi connectivity index (χ4v) is 2.70. The van der Waals surface area contributed by atoms with Gasteiger partial charge in [-0.25, -0.2) is 0 Å². The molecule has 0 spiro atoms. The van der Waals surface area contributed by atoms with Crippen LogP contribution in [0.1, 0.15) is 46.2 Å². The monoisotopic (exact) mass is 308 g/mol. The van der Waals surface area contributed by atoms with Crippen LogP contribution >= 0.6 is 0 Å². The molecule has 1 unspecified atom stereocenters. The first kappa shape index (κ1) is 17.0. The molecule has 1 amide bonds. The number of likely N-dealkylation sites (tertiary alicyclic amines) is 1. The van der Waals surface area contributed by atoms with E-state index in [0.717, 1.165) is 31.6 Å². The second-order valence-electron chi connectivity index (χ2n) is 7.35. The Morgan fingerprint density at radius 2 is 2.14 bits per heavy atom. The van der Waals surface area contributed by atoms with Gasteiger partial charge in [0.2, 0.25) is 11.8 Å². The van der Waals surface area contributed by atoms with Gasteiger partial charge in [0.05, 0.1) is 12.2 Å². The standard InChI is InChI=1S/C16H28N4O2/c1-11(17)12-5-7-20(8-6-12)10-14(21)18-15-9-13(19-22-15)16(2,3)4/h9,11-12H,5-8,10,17H2,1-4H3,(H,18,21). The van der Waals surface area contributed by atoms with E-state index in [1.807, 2.05) is 0 Å². The summed E-state index contributed by atoms with van der Waals surface area (Å²) in [6.45, 7) is 10.4. The van der Waals surface area contributed by atoms with Crippen molar-refractivity contribution in [2.75, 3.05) is 25.0 Å². The van der Waals surface area contributed by atoms with Crippen LogP contribution in [0, 0.1) is 5.92 Å². The van der Waals surface area contributed by atoms with E-state index in [1.165, 1.54) is 0 Å². The lowest BCUT2D eigenvalue weighted by Gasteiger charge is -2.33. The quantitative estimate of drug-likeness (QED) is 0.888. The van der Waals surface area contributed by atoms with Gasteiger partial charge in [-0.15, -0.1) is 0 Å². The van der Waals surface area contributed by atoms with E-state index >= 15 is 0 Å². The van der Waals surface area contributed by atoms with E-state index in [0.29, 0.717) is 18.3 Å². The predicted octanol–water partition coefficient (Wildman–Crippen LogP) is 1.97. The summed E-state index contributed by atoms with van der Waals surface area (Å²) in [5.74, 6) is 0.930. The fraction of sp³-hybridized carbons (Fsp3) is 0.750. The molecule has 0 aromatic carbocycles. The fourth-order valence-electron chi connectivity index (χ4n) is 2.70. The number of carbonyl (C=O) groups excluding carboxylic acids is 1. The molecule has 0 radical (unpaired) electrons. The Bertz CT molecular complexity index is 496. The molecule has 3 N–H and O–H groups in total. The highest BCUT2D eigenvalue weighted by Crippen LogP contribution is 2.24. The van der Waals surface area contributed by atoms with Crippen molar-refractivity contribution in [1.82, 2.24) is 10.1 Å². The van der Waals surface area contributed by atoms with Crippen LogP contribution < -0.4 is 11.1 Å². The average Bonchev–Trinajstić information content (AvgIpc) is 2.87. The van der Waals surface area contributed by atoms with Gasteiger partial charge in [0.25, 0.3) is 0 Å². The molecule has 0 aliphatic carbocycles. The van der Waals surface area contributed by atoms with Crippen LogP contribution in [0.4, 0.5) is 5.88 Å². The van der Waals surface area contributed by atoms with Crippen molar-refractivity contribution in [3.63, 3.8) is 0 Å². The number of anilines is 1. The molecule has 2 heterocycles. The second-order valence-corrected chi connectivity index (χ2v) is 7.35. The minimum atomic E-state index is -0.0900. The number of aromatic nitrogens is 1. The summed E-state index contributed by atoms with van der Waals surface area (Å²) in [5, 5.41) is 6.78. The number of hydrogen-bond donors (Lipinski definition) is 2. The van der Waals surface area contributed by atoms with Gasteiger partial charge in [0.15, 0.2) is 0 Å². The summed E-state index contributed by atoms with van der Waals surface area (Å²) in [7, 11) is 0. The second kappa shape index (κ2) is 6.79. The van der Waals surface area contributed by atoms with Crippen molar-refractivity contribution in [3.05, 3.63) is 11.8 Å². The third kappa shape index (κ3) is 4.55. The van der Waals surface area contributed by atoms with Gasteiger partial charge < -0.3 is 10.3 Å². The van der Waals surface area contributed by atoms with E-state index in [9.17, 15) is 4.79 Å².